The van der Waals surface area contributed by atoms with E-state index in [2.05, 4.69) is 33.5 Å². The summed E-state index contributed by atoms with van der Waals surface area (Å²) in [5.74, 6) is -0.0134. The van der Waals surface area contributed by atoms with E-state index in [0.29, 0.717) is 6.42 Å². The van der Waals surface area contributed by atoms with Crippen LogP contribution in [0.25, 0.3) is 0 Å². The first-order chi connectivity index (χ1) is 11.2. The fraction of sp³-hybridized carbons (Fsp3) is 0.316. The zero-order chi connectivity index (χ0) is 16.5. The van der Waals surface area contributed by atoms with Gasteiger partial charge in [-0.25, -0.2) is 0 Å². The largest absolute Gasteiger partial charge is 0.385 e. The molecule has 2 N–H and O–H groups in total. The zero-order valence-electron chi connectivity index (χ0n) is 13.4. The van der Waals surface area contributed by atoms with Crippen LogP contribution in [0.5, 0.6) is 0 Å². The molecule has 0 fully saturated rings. The maximum atomic E-state index is 12.1. The molecule has 122 valence electrons. The highest BCUT2D eigenvalue weighted by Crippen LogP contribution is 2.18. The van der Waals surface area contributed by atoms with E-state index in [1.165, 1.54) is 19.3 Å². The quantitative estimate of drug-likeness (QED) is 0.620. The number of carbonyl (C=O) groups excluding carboxylic acids is 1. The Labute approximate surface area is 146 Å². The third-order valence-corrected chi connectivity index (χ3v) is 4.36. The fourth-order valence-corrected chi connectivity index (χ4v) is 2.72. The number of unbranched alkanes of at least 4 members (excludes halogenated alkanes) is 2. The summed E-state index contributed by atoms with van der Waals surface area (Å²) in [7, 11) is 0. The van der Waals surface area contributed by atoms with Gasteiger partial charge in [0.25, 0.3) is 0 Å². The standard InChI is InChI=1S/C19H23BrN2O/c1-2-3-6-13-21-16-9-11-17(12-10-16)22-19(23)14-15-7-4-5-8-18(15)20/h4-5,7-12,21H,2-3,6,13-14H2,1H3,(H,22,23). The number of carbonyl (C=O) groups is 1. The van der Waals surface area contributed by atoms with Crippen molar-refractivity contribution in [2.75, 3.05) is 17.2 Å². The molecular formula is C19H23BrN2O. The number of nitrogens with one attached hydrogen (secondary N) is 2. The number of hydrogen-bond acceptors (Lipinski definition) is 2. The smallest absolute Gasteiger partial charge is 0.228 e. The zero-order valence-corrected chi connectivity index (χ0v) is 15.0. The number of hydrogen-bond donors (Lipinski definition) is 2. The van der Waals surface area contributed by atoms with Crippen LogP contribution in [0.15, 0.2) is 53.0 Å². The predicted octanol–water partition coefficient (Wildman–Crippen LogP) is 5.23. The summed E-state index contributed by atoms with van der Waals surface area (Å²) in [6, 6.07) is 15.6. The summed E-state index contributed by atoms with van der Waals surface area (Å²) < 4.78 is 0.960. The van der Waals surface area contributed by atoms with Gasteiger partial charge in [-0.15, -0.1) is 0 Å². The maximum Gasteiger partial charge on any atom is 0.228 e. The molecule has 1 amide bonds. The first kappa shape index (κ1) is 17.5. The lowest BCUT2D eigenvalue weighted by atomic mass is 10.1. The molecule has 0 heterocycles. The minimum Gasteiger partial charge on any atom is -0.385 e. The molecule has 0 aliphatic rings. The van der Waals surface area contributed by atoms with Gasteiger partial charge in [0, 0.05) is 22.4 Å². The average Bonchev–Trinajstić information content (AvgIpc) is 2.55. The normalized spacial score (nSPS) is 10.3. The van der Waals surface area contributed by atoms with Gasteiger partial charge in [-0.2, -0.15) is 0 Å². The molecule has 0 atom stereocenters. The van der Waals surface area contributed by atoms with E-state index in [9.17, 15) is 4.79 Å². The molecule has 2 aromatic rings. The third kappa shape index (κ3) is 6.06. The van der Waals surface area contributed by atoms with Gasteiger partial charge in [-0.05, 0) is 42.3 Å². The molecule has 2 rings (SSSR count). The Morgan fingerprint density at radius 1 is 1.00 bits per heavy atom. The lowest BCUT2D eigenvalue weighted by molar-refractivity contribution is -0.115. The number of halogens is 1. The van der Waals surface area contributed by atoms with Crippen LogP contribution in [-0.2, 0) is 11.2 Å². The summed E-state index contributed by atoms with van der Waals surface area (Å²) in [4.78, 5) is 12.1. The van der Waals surface area contributed by atoms with Gasteiger partial charge in [0.05, 0.1) is 6.42 Å². The Kier molecular flexibility index (Phi) is 7.14. The van der Waals surface area contributed by atoms with Crippen LogP contribution in [-0.4, -0.2) is 12.5 Å². The molecule has 0 saturated carbocycles. The molecular weight excluding hydrogens is 352 g/mol. The average molecular weight is 375 g/mol. The lowest BCUT2D eigenvalue weighted by Gasteiger charge is -2.09. The van der Waals surface area contributed by atoms with E-state index in [1.54, 1.807) is 0 Å². The van der Waals surface area contributed by atoms with Crippen LogP contribution in [0, 0.1) is 0 Å². The Balaban J connectivity index is 1.83. The second-order valence-corrected chi connectivity index (χ2v) is 6.38. The monoisotopic (exact) mass is 374 g/mol. The summed E-state index contributed by atoms with van der Waals surface area (Å²) in [6.07, 6.45) is 4.01. The van der Waals surface area contributed by atoms with Crippen molar-refractivity contribution in [2.24, 2.45) is 0 Å². The molecule has 0 radical (unpaired) electrons. The number of amides is 1. The van der Waals surface area contributed by atoms with E-state index in [4.69, 9.17) is 0 Å². The van der Waals surface area contributed by atoms with Crippen LogP contribution in [0.1, 0.15) is 31.7 Å². The van der Waals surface area contributed by atoms with Crippen LogP contribution in [0.2, 0.25) is 0 Å². The van der Waals surface area contributed by atoms with Crippen molar-refractivity contribution >= 4 is 33.2 Å². The topological polar surface area (TPSA) is 41.1 Å². The van der Waals surface area contributed by atoms with Gasteiger partial charge in [0.15, 0.2) is 0 Å². The Morgan fingerprint density at radius 3 is 2.39 bits per heavy atom. The molecule has 0 aliphatic heterocycles. The predicted molar refractivity (Wildman–Crippen MR) is 101 cm³/mol. The molecule has 0 aliphatic carbocycles. The Bertz CT molecular complexity index is 626. The van der Waals surface area contributed by atoms with Crippen molar-refractivity contribution in [3.63, 3.8) is 0 Å². The van der Waals surface area contributed by atoms with Gasteiger partial charge in [0.1, 0.15) is 0 Å². The summed E-state index contributed by atoms with van der Waals surface area (Å²) in [6.45, 7) is 3.19. The van der Waals surface area contributed by atoms with Crippen molar-refractivity contribution < 1.29 is 4.79 Å². The molecule has 0 bridgehead atoms. The van der Waals surface area contributed by atoms with E-state index in [0.717, 1.165) is 28.0 Å². The highest BCUT2D eigenvalue weighted by atomic mass is 79.9. The highest BCUT2D eigenvalue weighted by molar-refractivity contribution is 9.10. The lowest BCUT2D eigenvalue weighted by Crippen LogP contribution is -2.14. The summed E-state index contributed by atoms with van der Waals surface area (Å²) in [5, 5.41) is 6.32. The Hall–Kier alpha value is -1.81. The van der Waals surface area contributed by atoms with E-state index in [-0.39, 0.29) is 5.91 Å². The molecule has 0 aromatic heterocycles. The fourth-order valence-electron chi connectivity index (χ4n) is 2.30. The van der Waals surface area contributed by atoms with Gasteiger partial charge >= 0.3 is 0 Å². The van der Waals surface area contributed by atoms with Gasteiger partial charge in [0.2, 0.25) is 5.91 Å². The van der Waals surface area contributed by atoms with Crippen LogP contribution < -0.4 is 10.6 Å². The van der Waals surface area contributed by atoms with E-state index < -0.39 is 0 Å². The summed E-state index contributed by atoms with van der Waals surface area (Å²) >= 11 is 3.47. The van der Waals surface area contributed by atoms with Gasteiger partial charge in [-0.3, -0.25) is 4.79 Å². The second-order valence-electron chi connectivity index (χ2n) is 5.53. The van der Waals surface area contributed by atoms with Crippen LogP contribution in [0.3, 0.4) is 0 Å². The molecule has 3 nitrogen and oxygen atoms in total. The van der Waals surface area contributed by atoms with Crippen molar-refractivity contribution in [1.82, 2.24) is 0 Å². The number of benzene rings is 2. The number of anilines is 2. The minimum atomic E-state index is -0.0134. The third-order valence-electron chi connectivity index (χ3n) is 3.59. The molecule has 4 heteroatoms. The van der Waals surface area contributed by atoms with E-state index >= 15 is 0 Å². The Morgan fingerprint density at radius 2 is 1.70 bits per heavy atom. The van der Waals surface area contributed by atoms with Gasteiger partial charge in [-0.1, -0.05) is 53.9 Å². The molecule has 2 aromatic carbocycles. The second kappa shape index (κ2) is 9.36. The number of rotatable bonds is 8. The summed E-state index contributed by atoms with van der Waals surface area (Å²) in [5.41, 5.74) is 2.89. The van der Waals surface area contributed by atoms with Crippen molar-refractivity contribution in [1.29, 1.82) is 0 Å². The van der Waals surface area contributed by atoms with Crippen molar-refractivity contribution in [3.8, 4) is 0 Å². The maximum absolute atomic E-state index is 12.1. The molecule has 0 spiro atoms. The molecule has 23 heavy (non-hydrogen) atoms. The molecule has 0 saturated heterocycles. The SMILES string of the molecule is CCCCCNc1ccc(NC(=O)Cc2ccccc2Br)cc1. The first-order valence-electron chi connectivity index (χ1n) is 8.06. The molecule has 0 unspecified atom stereocenters. The van der Waals surface area contributed by atoms with Gasteiger partial charge < -0.3 is 10.6 Å². The van der Waals surface area contributed by atoms with E-state index in [1.807, 2.05) is 48.5 Å². The highest BCUT2D eigenvalue weighted by Gasteiger charge is 2.06. The van der Waals surface area contributed by atoms with Crippen LogP contribution >= 0.6 is 15.9 Å². The van der Waals surface area contributed by atoms with Crippen molar-refractivity contribution in [2.45, 2.75) is 32.6 Å². The first-order valence-corrected chi connectivity index (χ1v) is 8.85. The van der Waals surface area contributed by atoms with Crippen LogP contribution in [0.4, 0.5) is 11.4 Å². The van der Waals surface area contributed by atoms with Crippen molar-refractivity contribution in [3.05, 3.63) is 58.6 Å². The minimum absolute atomic E-state index is 0.0134.